The van der Waals surface area contributed by atoms with Gasteiger partial charge >= 0.3 is 0 Å². The van der Waals surface area contributed by atoms with Gasteiger partial charge in [0, 0.05) is 6.04 Å². The molecule has 13 heavy (non-hydrogen) atoms. The molecular weight excluding hydrogens is 158 g/mol. The van der Waals surface area contributed by atoms with E-state index in [1.54, 1.807) is 0 Å². The van der Waals surface area contributed by atoms with Gasteiger partial charge in [-0.3, -0.25) is 0 Å². The zero-order valence-corrected chi connectivity index (χ0v) is 8.12. The molecule has 1 aromatic rings. The van der Waals surface area contributed by atoms with Crippen molar-refractivity contribution in [2.24, 2.45) is 5.73 Å². The van der Waals surface area contributed by atoms with Crippen LogP contribution in [0.4, 0.5) is 0 Å². The molecule has 2 N–H and O–H groups in total. The van der Waals surface area contributed by atoms with Crippen molar-refractivity contribution in [3.05, 3.63) is 41.0 Å². The summed E-state index contributed by atoms with van der Waals surface area (Å²) in [5.41, 5.74) is 9.85. The molecule has 0 heterocycles. The molecule has 1 unspecified atom stereocenters. The summed E-state index contributed by atoms with van der Waals surface area (Å²) >= 11 is 0. The van der Waals surface area contributed by atoms with Crippen molar-refractivity contribution in [2.45, 2.75) is 25.8 Å². The number of fused-ring (bicyclic) bond motifs is 1. The minimum absolute atomic E-state index is 0.105. The van der Waals surface area contributed by atoms with E-state index >= 15 is 0 Å². The molecule has 1 aromatic carbocycles. The van der Waals surface area contributed by atoms with Crippen molar-refractivity contribution in [3.63, 3.8) is 0 Å². The Morgan fingerprint density at radius 1 is 1.31 bits per heavy atom. The number of hydrogen-bond donors (Lipinski definition) is 1. The van der Waals surface area contributed by atoms with Gasteiger partial charge in [0.15, 0.2) is 0 Å². The predicted molar refractivity (Wildman–Crippen MR) is 56.5 cm³/mol. The maximum atomic E-state index is 5.93. The second kappa shape index (κ2) is 3.00. The van der Waals surface area contributed by atoms with E-state index in [0.29, 0.717) is 5.92 Å². The molecule has 0 amide bonds. The monoisotopic (exact) mass is 173 g/mol. The zero-order chi connectivity index (χ0) is 9.42. The van der Waals surface area contributed by atoms with Gasteiger partial charge in [0.1, 0.15) is 0 Å². The fourth-order valence-electron chi connectivity index (χ4n) is 1.70. The molecule has 0 spiro atoms. The van der Waals surface area contributed by atoms with Crippen molar-refractivity contribution in [3.8, 4) is 0 Å². The molecule has 1 heteroatoms. The Labute approximate surface area is 79.3 Å². The average Bonchev–Trinajstić information content (AvgIpc) is 2.47. The Kier molecular flexibility index (Phi) is 1.97. The van der Waals surface area contributed by atoms with E-state index < -0.39 is 0 Å². The van der Waals surface area contributed by atoms with Crippen LogP contribution in [0.15, 0.2) is 24.3 Å². The highest BCUT2D eigenvalue weighted by Crippen LogP contribution is 2.29. The zero-order valence-electron chi connectivity index (χ0n) is 8.12. The van der Waals surface area contributed by atoms with Crippen molar-refractivity contribution >= 4 is 6.08 Å². The van der Waals surface area contributed by atoms with Gasteiger partial charge in [-0.1, -0.05) is 44.2 Å². The Morgan fingerprint density at radius 3 is 2.77 bits per heavy atom. The normalized spacial score (nSPS) is 19.5. The first-order valence-corrected chi connectivity index (χ1v) is 4.76. The first-order valence-electron chi connectivity index (χ1n) is 4.76. The van der Waals surface area contributed by atoms with E-state index in [4.69, 9.17) is 5.73 Å². The van der Waals surface area contributed by atoms with Crippen LogP contribution >= 0.6 is 0 Å². The molecule has 1 aliphatic carbocycles. The topological polar surface area (TPSA) is 26.0 Å². The van der Waals surface area contributed by atoms with Gasteiger partial charge in [-0.15, -0.1) is 0 Å². The molecule has 0 saturated heterocycles. The van der Waals surface area contributed by atoms with E-state index in [2.05, 4.69) is 44.2 Å². The summed E-state index contributed by atoms with van der Waals surface area (Å²) in [7, 11) is 0. The fourth-order valence-corrected chi connectivity index (χ4v) is 1.70. The van der Waals surface area contributed by atoms with Crippen LogP contribution in [0.25, 0.3) is 6.08 Å². The number of benzene rings is 1. The van der Waals surface area contributed by atoms with Crippen LogP contribution in [0.5, 0.6) is 0 Å². The molecule has 1 aliphatic rings. The lowest BCUT2D eigenvalue weighted by Gasteiger charge is -2.10. The lowest BCUT2D eigenvalue weighted by Crippen LogP contribution is -2.05. The Hall–Kier alpha value is -1.08. The highest BCUT2D eigenvalue weighted by Gasteiger charge is 2.13. The lowest BCUT2D eigenvalue weighted by molar-refractivity contribution is 0.853. The summed E-state index contributed by atoms with van der Waals surface area (Å²) < 4.78 is 0. The molecule has 0 bridgehead atoms. The van der Waals surface area contributed by atoms with Crippen molar-refractivity contribution in [1.29, 1.82) is 0 Å². The standard InChI is InChI=1S/C12H15N/c1-8(2)10-4-3-9-5-6-12(13)11(9)7-10/h3-8,12H,13H2,1-2H3. The maximum Gasteiger partial charge on any atom is 0.0490 e. The molecule has 0 aromatic heterocycles. The third-order valence-electron chi connectivity index (χ3n) is 2.62. The van der Waals surface area contributed by atoms with Gasteiger partial charge in [0.2, 0.25) is 0 Å². The fraction of sp³-hybridized carbons (Fsp3) is 0.333. The minimum atomic E-state index is 0.105. The molecule has 0 aliphatic heterocycles. The third-order valence-corrected chi connectivity index (χ3v) is 2.62. The Balaban J connectivity index is 2.45. The number of nitrogens with two attached hydrogens (primary N) is 1. The largest absolute Gasteiger partial charge is 0.321 e. The summed E-state index contributed by atoms with van der Waals surface area (Å²) in [5, 5.41) is 0. The summed E-state index contributed by atoms with van der Waals surface area (Å²) in [6.07, 6.45) is 4.15. The van der Waals surface area contributed by atoms with Gasteiger partial charge < -0.3 is 5.73 Å². The van der Waals surface area contributed by atoms with E-state index in [-0.39, 0.29) is 6.04 Å². The minimum Gasteiger partial charge on any atom is -0.321 e. The number of rotatable bonds is 1. The molecule has 0 radical (unpaired) electrons. The summed E-state index contributed by atoms with van der Waals surface area (Å²) in [6, 6.07) is 6.68. The molecule has 0 saturated carbocycles. The van der Waals surface area contributed by atoms with Crippen LogP contribution in [-0.2, 0) is 0 Å². The first kappa shape index (κ1) is 8.52. The first-order chi connectivity index (χ1) is 6.18. The lowest BCUT2D eigenvalue weighted by atomic mass is 9.97. The van der Waals surface area contributed by atoms with E-state index in [1.165, 1.54) is 16.7 Å². The Bertz CT molecular complexity index is 350. The summed E-state index contributed by atoms with van der Waals surface area (Å²) in [4.78, 5) is 0. The quantitative estimate of drug-likeness (QED) is 0.694. The molecule has 0 fully saturated rings. The van der Waals surface area contributed by atoms with E-state index in [0.717, 1.165) is 0 Å². The van der Waals surface area contributed by atoms with Gasteiger partial charge in [-0.05, 0) is 22.6 Å². The molecule has 2 rings (SSSR count). The molecule has 68 valence electrons. The third kappa shape index (κ3) is 1.40. The molecule has 1 nitrogen and oxygen atoms in total. The van der Waals surface area contributed by atoms with Crippen LogP contribution in [0.2, 0.25) is 0 Å². The van der Waals surface area contributed by atoms with Gasteiger partial charge in [0.25, 0.3) is 0 Å². The molecule has 1 atom stereocenters. The van der Waals surface area contributed by atoms with Crippen molar-refractivity contribution < 1.29 is 0 Å². The van der Waals surface area contributed by atoms with Crippen molar-refractivity contribution in [1.82, 2.24) is 0 Å². The number of hydrogen-bond acceptors (Lipinski definition) is 1. The highest BCUT2D eigenvalue weighted by molar-refractivity contribution is 5.62. The summed E-state index contributed by atoms with van der Waals surface area (Å²) in [6.45, 7) is 4.41. The van der Waals surface area contributed by atoms with Crippen molar-refractivity contribution in [2.75, 3.05) is 0 Å². The maximum absolute atomic E-state index is 5.93. The SMILES string of the molecule is CC(C)c1ccc2c(c1)C(N)C=C2. The summed E-state index contributed by atoms with van der Waals surface area (Å²) in [5.74, 6) is 0.582. The van der Waals surface area contributed by atoms with Crippen LogP contribution in [0.1, 0.15) is 42.5 Å². The smallest absolute Gasteiger partial charge is 0.0490 e. The highest BCUT2D eigenvalue weighted by atomic mass is 14.6. The van der Waals surface area contributed by atoms with Gasteiger partial charge in [-0.25, -0.2) is 0 Å². The van der Waals surface area contributed by atoms with Gasteiger partial charge in [0.05, 0.1) is 0 Å². The van der Waals surface area contributed by atoms with E-state index in [9.17, 15) is 0 Å². The Morgan fingerprint density at radius 2 is 2.08 bits per heavy atom. The van der Waals surface area contributed by atoms with Crippen LogP contribution in [0.3, 0.4) is 0 Å². The van der Waals surface area contributed by atoms with E-state index in [1.807, 2.05) is 0 Å². The molecular formula is C12H15N. The van der Waals surface area contributed by atoms with Gasteiger partial charge in [-0.2, -0.15) is 0 Å². The average molecular weight is 173 g/mol. The van der Waals surface area contributed by atoms with Crippen LogP contribution in [0, 0.1) is 0 Å². The second-order valence-electron chi connectivity index (χ2n) is 3.93. The predicted octanol–water partition coefficient (Wildman–Crippen LogP) is 2.84. The van der Waals surface area contributed by atoms with Crippen LogP contribution in [-0.4, -0.2) is 0 Å². The second-order valence-corrected chi connectivity index (χ2v) is 3.93. The van der Waals surface area contributed by atoms with Crippen LogP contribution < -0.4 is 5.73 Å².